The van der Waals surface area contributed by atoms with Crippen LogP contribution >= 0.6 is 0 Å². The van der Waals surface area contributed by atoms with E-state index in [2.05, 4.69) is 90.1 Å². The molecule has 0 aromatic heterocycles. The molecule has 0 atom stereocenters. The van der Waals surface area contributed by atoms with E-state index >= 15 is 0 Å². The summed E-state index contributed by atoms with van der Waals surface area (Å²) in [6, 6.07) is 18.2. The van der Waals surface area contributed by atoms with Gasteiger partial charge < -0.3 is 5.53 Å². The standard InChI is InChI=1S/C40H60N2.2C2H5.Ni/c1-5-9-13-15-17-19-21-33-25-29-35(30-26-33)39-37(23-11-7-3)38(24-12-8-4)40(42(39)41)36-31-27-34(28-32-36)22-20-18-16-14-10-6-2;2*1-2;/h25-32H,5-24H2,1-4H3;2*1H2,2H3;. The van der Waals surface area contributed by atoms with Crippen LogP contribution in [0.3, 0.4) is 0 Å². The second kappa shape index (κ2) is 26.0. The predicted octanol–water partition coefficient (Wildman–Crippen LogP) is 15.0. The van der Waals surface area contributed by atoms with Crippen molar-refractivity contribution in [2.45, 2.75) is 181 Å². The fourth-order valence-corrected chi connectivity index (χ4v) is 7.02. The molecule has 266 valence electrons. The van der Waals surface area contributed by atoms with Crippen LogP contribution in [-0.4, -0.2) is 4.70 Å². The van der Waals surface area contributed by atoms with E-state index in [1.165, 1.54) is 110 Å². The van der Waals surface area contributed by atoms with Gasteiger partial charge in [-0.3, -0.25) is 0 Å². The molecule has 1 aliphatic rings. The van der Waals surface area contributed by atoms with Crippen molar-refractivity contribution in [2.75, 3.05) is 0 Å². The van der Waals surface area contributed by atoms with Crippen LogP contribution in [-0.2, 0) is 27.3 Å². The zero-order chi connectivity index (χ0) is 34.1. The van der Waals surface area contributed by atoms with Gasteiger partial charge in [0.05, 0.1) is 0 Å². The van der Waals surface area contributed by atoms with E-state index in [1.807, 2.05) is 14.4 Å². The number of rotatable bonds is 24. The van der Waals surface area contributed by atoms with Gasteiger partial charge in [0.1, 0.15) is 0 Å². The average molecular weight is 686 g/mol. The first kappa shape index (κ1) is 41.2. The van der Waals surface area contributed by atoms with Crippen LogP contribution in [0, 0.1) is 0 Å². The second-order valence-corrected chi connectivity index (χ2v) is 15.1. The van der Waals surface area contributed by atoms with Gasteiger partial charge in [0.25, 0.3) is 0 Å². The topological polar surface area (TPSA) is 25.3 Å². The minimum atomic E-state index is 1.01. The number of hydrogen-bond acceptors (Lipinski definition) is 0. The second-order valence-electron chi connectivity index (χ2n) is 13.2. The number of nitrogens with zero attached hydrogens (tertiary/aromatic N) is 2. The van der Waals surface area contributed by atoms with Crippen molar-refractivity contribution >= 4 is 11.4 Å². The Labute approximate surface area is 297 Å². The molecule has 0 saturated heterocycles. The van der Waals surface area contributed by atoms with E-state index in [0.29, 0.717) is 0 Å². The van der Waals surface area contributed by atoms with Crippen LogP contribution in [0.1, 0.15) is 179 Å². The zero-order valence-electron chi connectivity index (χ0n) is 31.4. The van der Waals surface area contributed by atoms with E-state index in [9.17, 15) is 5.53 Å². The molecule has 3 rings (SSSR count). The third kappa shape index (κ3) is 15.0. The summed E-state index contributed by atoms with van der Waals surface area (Å²) in [4.78, 5) is 0. The fourth-order valence-electron chi connectivity index (χ4n) is 6.53. The average Bonchev–Trinajstić information content (AvgIpc) is 3.37. The molecule has 1 aliphatic heterocycles. The van der Waals surface area contributed by atoms with Gasteiger partial charge in [-0.1, -0.05) is 129 Å². The summed E-state index contributed by atoms with van der Waals surface area (Å²) in [6.07, 6.45) is 24.9. The molecular formula is C44H70N2Ni. The van der Waals surface area contributed by atoms with Gasteiger partial charge in [-0.05, 0) is 86.8 Å². The number of benzene rings is 2. The number of hydrogen-bond donors (Lipinski definition) is 0. The Morgan fingerprint density at radius 3 is 1.09 bits per heavy atom. The monoisotopic (exact) mass is 684 g/mol. The van der Waals surface area contributed by atoms with Crippen molar-refractivity contribution in [3.8, 4) is 0 Å². The molecule has 0 unspecified atom stereocenters. The first-order chi connectivity index (χ1) is 23.1. The zero-order valence-corrected chi connectivity index (χ0v) is 32.4. The van der Waals surface area contributed by atoms with E-state index in [4.69, 9.17) is 0 Å². The van der Waals surface area contributed by atoms with Crippen molar-refractivity contribution in [1.82, 2.24) is 0 Å². The first-order valence-electron chi connectivity index (χ1n) is 19.6. The maximum absolute atomic E-state index is 11.8. The molecule has 47 heavy (non-hydrogen) atoms. The molecular weight excluding hydrogens is 615 g/mol. The first-order valence-corrected chi connectivity index (χ1v) is 21.0. The van der Waals surface area contributed by atoms with Crippen molar-refractivity contribution in [1.29, 1.82) is 0 Å². The molecule has 2 nitrogen and oxygen atoms in total. The van der Waals surface area contributed by atoms with Gasteiger partial charge in [-0.2, -0.15) is 0 Å². The summed E-state index contributed by atoms with van der Waals surface area (Å²) in [6.45, 7) is 13.5. The summed E-state index contributed by atoms with van der Waals surface area (Å²) >= 11 is 1.82. The minimum absolute atomic E-state index is 1.01. The molecule has 0 bridgehead atoms. The van der Waals surface area contributed by atoms with Crippen molar-refractivity contribution in [3.05, 3.63) is 87.5 Å². The molecule has 1 heterocycles. The Hall–Kier alpha value is -1.99. The molecule has 0 spiro atoms. The Morgan fingerprint density at radius 2 is 0.766 bits per heavy atom. The van der Waals surface area contributed by atoms with E-state index in [1.54, 1.807) is 4.70 Å². The number of allylic oxidation sites excluding steroid dienone is 2. The third-order valence-electron chi connectivity index (χ3n) is 9.33. The van der Waals surface area contributed by atoms with Crippen molar-refractivity contribution in [3.63, 3.8) is 0 Å². The van der Waals surface area contributed by atoms with Crippen LogP contribution in [0.4, 0.5) is 0 Å². The normalized spacial score (nSPS) is 13.1. The number of unbranched alkanes of at least 4 members (excludes halogenated alkanes) is 12. The Kier molecular flexibility index (Phi) is 22.7. The summed E-state index contributed by atoms with van der Waals surface area (Å²) in [7, 11) is 0. The molecule has 2 aromatic carbocycles. The van der Waals surface area contributed by atoms with Crippen molar-refractivity contribution < 1.29 is 19.1 Å². The van der Waals surface area contributed by atoms with Gasteiger partial charge in [0.2, 0.25) is 11.4 Å². The van der Waals surface area contributed by atoms with Crippen LogP contribution in [0.5, 0.6) is 0 Å². The van der Waals surface area contributed by atoms with Crippen molar-refractivity contribution in [2.24, 2.45) is 0 Å². The SMILES string of the molecule is CCCCCCCCc1ccc(C2=C(CCCC)C(CCCC)=C(c3ccc(CCCCCCCC)cc3)[N+]2=[N-])cc1.C[CH2][Ni][CH2]C. The molecule has 0 radical (unpaired) electrons. The Balaban J connectivity index is 0.00000142. The van der Waals surface area contributed by atoms with Crippen LogP contribution in [0.2, 0.25) is 10.8 Å². The summed E-state index contributed by atoms with van der Waals surface area (Å²) < 4.78 is 1.54. The third-order valence-corrected chi connectivity index (χ3v) is 10.3. The molecule has 0 amide bonds. The maximum atomic E-state index is 11.8. The molecule has 0 fully saturated rings. The van der Waals surface area contributed by atoms with Crippen LogP contribution in [0.15, 0.2) is 59.7 Å². The molecule has 0 N–H and O–H groups in total. The Bertz CT molecular complexity index is 1080. The fraction of sp³-hybridized carbons (Fsp3) is 0.636. The van der Waals surface area contributed by atoms with E-state index in [-0.39, 0.29) is 0 Å². The van der Waals surface area contributed by atoms with Crippen LogP contribution < -0.4 is 0 Å². The van der Waals surface area contributed by atoms with Crippen LogP contribution in [0.25, 0.3) is 16.9 Å². The quantitative estimate of drug-likeness (QED) is 0.0597. The van der Waals surface area contributed by atoms with E-state index in [0.717, 1.165) is 73.9 Å². The number of aryl methyl sites for hydroxylation is 2. The van der Waals surface area contributed by atoms with Gasteiger partial charge in [-0.15, -0.1) is 0 Å². The van der Waals surface area contributed by atoms with Gasteiger partial charge in [-0.25, -0.2) is 4.70 Å². The van der Waals surface area contributed by atoms with E-state index < -0.39 is 0 Å². The molecule has 3 heteroatoms. The Morgan fingerprint density at radius 1 is 0.426 bits per heavy atom. The molecule has 0 saturated carbocycles. The summed E-state index contributed by atoms with van der Waals surface area (Å²) in [5.41, 5.74) is 21.6. The molecule has 0 aliphatic carbocycles. The predicted molar refractivity (Wildman–Crippen MR) is 205 cm³/mol. The van der Waals surface area contributed by atoms with Gasteiger partial charge in [0.15, 0.2) is 0 Å². The van der Waals surface area contributed by atoms with Gasteiger partial charge in [0, 0.05) is 22.3 Å². The molecule has 2 aromatic rings. The summed E-state index contributed by atoms with van der Waals surface area (Å²) in [5, 5.41) is 2.56. The summed E-state index contributed by atoms with van der Waals surface area (Å²) in [5.74, 6) is 0. The van der Waals surface area contributed by atoms with Gasteiger partial charge >= 0.3 is 39.1 Å².